The summed E-state index contributed by atoms with van der Waals surface area (Å²) in [5.74, 6) is -0.258. The predicted molar refractivity (Wildman–Crippen MR) is 69.8 cm³/mol. The van der Waals surface area contributed by atoms with Crippen LogP contribution in [0.15, 0.2) is 6.33 Å². The summed E-state index contributed by atoms with van der Waals surface area (Å²) in [6.45, 7) is 2.83. The van der Waals surface area contributed by atoms with Crippen molar-refractivity contribution in [2.24, 2.45) is 5.41 Å². The van der Waals surface area contributed by atoms with Crippen LogP contribution >= 0.6 is 0 Å². The van der Waals surface area contributed by atoms with Crippen molar-refractivity contribution in [1.82, 2.24) is 25.0 Å². The van der Waals surface area contributed by atoms with E-state index in [0.717, 1.165) is 0 Å². The molecule has 110 valence electrons. The SMILES string of the molecule is CN(Cc1ncn[nH]1)C(=O)N1CCCC(C)(C(=O)O)C1. The number of aliphatic carboxylic acids is 1. The lowest BCUT2D eigenvalue weighted by atomic mass is 9.82. The van der Waals surface area contributed by atoms with Gasteiger partial charge in [-0.3, -0.25) is 9.89 Å². The number of aromatic nitrogens is 3. The number of piperidine rings is 1. The number of nitrogens with one attached hydrogen (secondary N) is 1. The molecule has 1 aliphatic rings. The van der Waals surface area contributed by atoms with Crippen LogP contribution in [0.2, 0.25) is 0 Å². The van der Waals surface area contributed by atoms with Gasteiger partial charge in [0.05, 0.1) is 12.0 Å². The zero-order valence-corrected chi connectivity index (χ0v) is 11.7. The smallest absolute Gasteiger partial charge is 0.320 e. The first-order valence-corrected chi connectivity index (χ1v) is 6.50. The number of hydrogen-bond acceptors (Lipinski definition) is 4. The number of carboxylic acid groups (broad SMARTS) is 1. The number of likely N-dealkylation sites (tertiary alicyclic amines) is 1. The summed E-state index contributed by atoms with van der Waals surface area (Å²) in [5.41, 5.74) is -0.860. The fraction of sp³-hybridized carbons (Fsp3) is 0.667. The number of rotatable bonds is 3. The number of carboxylic acids is 1. The quantitative estimate of drug-likeness (QED) is 0.842. The van der Waals surface area contributed by atoms with Gasteiger partial charge in [0.25, 0.3) is 0 Å². The Morgan fingerprint density at radius 1 is 1.60 bits per heavy atom. The molecule has 0 spiro atoms. The van der Waals surface area contributed by atoms with Crippen molar-refractivity contribution < 1.29 is 14.7 Å². The zero-order chi connectivity index (χ0) is 14.8. The van der Waals surface area contributed by atoms with Crippen molar-refractivity contribution in [3.8, 4) is 0 Å². The zero-order valence-electron chi connectivity index (χ0n) is 11.7. The first-order chi connectivity index (χ1) is 9.42. The Balaban J connectivity index is 1.99. The number of aromatic amines is 1. The Kier molecular flexibility index (Phi) is 3.91. The molecule has 0 aromatic carbocycles. The summed E-state index contributed by atoms with van der Waals surface area (Å²) in [4.78, 5) is 30.7. The third-order valence-electron chi connectivity index (χ3n) is 3.66. The van der Waals surface area contributed by atoms with Crippen LogP contribution in [-0.2, 0) is 11.3 Å². The van der Waals surface area contributed by atoms with Crippen molar-refractivity contribution in [3.63, 3.8) is 0 Å². The minimum Gasteiger partial charge on any atom is -0.481 e. The van der Waals surface area contributed by atoms with E-state index in [4.69, 9.17) is 0 Å². The molecule has 20 heavy (non-hydrogen) atoms. The number of urea groups is 1. The highest BCUT2D eigenvalue weighted by Gasteiger charge is 2.40. The van der Waals surface area contributed by atoms with E-state index in [1.54, 1.807) is 18.9 Å². The van der Waals surface area contributed by atoms with Crippen LogP contribution in [0.3, 0.4) is 0 Å². The van der Waals surface area contributed by atoms with Gasteiger partial charge in [0.15, 0.2) is 0 Å². The molecule has 1 saturated heterocycles. The third-order valence-corrected chi connectivity index (χ3v) is 3.66. The van der Waals surface area contributed by atoms with E-state index >= 15 is 0 Å². The highest BCUT2D eigenvalue weighted by Crippen LogP contribution is 2.30. The molecule has 2 rings (SSSR count). The summed E-state index contributed by atoms with van der Waals surface area (Å²) < 4.78 is 0. The van der Waals surface area contributed by atoms with Crippen molar-refractivity contribution in [2.75, 3.05) is 20.1 Å². The highest BCUT2D eigenvalue weighted by molar-refractivity contribution is 5.78. The van der Waals surface area contributed by atoms with Crippen LogP contribution < -0.4 is 0 Å². The van der Waals surface area contributed by atoms with Gasteiger partial charge in [-0.25, -0.2) is 9.78 Å². The van der Waals surface area contributed by atoms with Gasteiger partial charge in [0, 0.05) is 20.1 Å². The summed E-state index contributed by atoms with van der Waals surface area (Å²) in [6.07, 6.45) is 2.68. The van der Waals surface area contributed by atoms with E-state index in [0.29, 0.717) is 31.8 Å². The summed E-state index contributed by atoms with van der Waals surface area (Å²) >= 11 is 0. The molecule has 8 nitrogen and oxygen atoms in total. The molecule has 0 aliphatic carbocycles. The molecule has 1 aromatic heterocycles. The van der Waals surface area contributed by atoms with Gasteiger partial charge in [-0.05, 0) is 19.8 Å². The van der Waals surface area contributed by atoms with Crippen LogP contribution in [0.4, 0.5) is 4.79 Å². The molecular weight excluding hydrogens is 262 g/mol. The monoisotopic (exact) mass is 281 g/mol. The molecular formula is C12H19N5O3. The average molecular weight is 281 g/mol. The highest BCUT2D eigenvalue weighted by atomic mass is 16.4. The van der Waals surface area contributed by atoms with E-state index in [9.17, 15) is 14.7 Å². The van der Waals surface area contributed by atoms with Gasteiger partial charge in [0.2, 0.25) is 0 Å². The molecule has 0 bridgehead atoms. The van der Waals surface area contributed by atoms with Crippen molar-refractivity contribution in [1.29, 1.82) is 0 Å². The number of H-pyrrole nitrogens is 1. The summed E-state index contributed by atoms with van der Waals surface area (Å²) in [5, 5.41) is 15.7. The fourth-order valence-electron chi connectivity index (χ4n) is 2.42. The molecule has 8 heteroatoms. The Hall–Kier alpha value is -2.12. The lowest BCUT2D eigenvalue weighted by molar-refractivity contribution is -0.150. The summed E-state index contributed by atoms with van der Waals surface area (Å²) in [6, 6.07) is -0.187. The number of hydrogen-bond donors (Lipinski definition) is 2. The minimum atomic E-state index is -0.860. The molecule has 1 aliphatic heterocycles. The second-order valence-corrected chi connectivity index (χ2v) is 5.46. The van der Waals surface area contributed by atoms with Crippen LogP contribution in [0.5, 0.6) is 0 Å². The fourth-order valence-corrected chi connectivity index (χ4v) is 2.42. The average Bonchev–Trinajstić information content (AvgIpc) is 2.90. The Labute approximate surface area is 116 Å². The molecule has 2 amide bonds. The maximum Gasteiger partial charge on any atom is 0.320 e. The topological polar surface area (TPSA) is 102 Å². The molecule has 1 unspecified atom stereocenters. The van der Waals surface area contributed by atoms with Crippen LogP contribution in [-0.4, -0.2) is 62.2 Å². The molecule has 2 N–H and O–H groups in total. The lowest BCUT2D eigenvalue weighted by Crippen LogP contribution is -2.51. The number of carbonyl (C=O) groups is 2. The molecule has 1 aromatic rings. The van der Waals surface area contributed by atoms with Crippen molar-refractivity contribution >= 4 is 12.0 Å². The van der Waals surface area contributed by atoms with Crippen molar-refractivity contribution in [3.05, 3.63) is 12.2 Å². The summed E-state index contributed by atoms with van der Waals surface area (Å²) in [7, 11) is 1.66. The molecule has 1 fully saturated rings. The number of nitrogens with zero attached hydrogens (tertiary/aromatic N) is 4. The largest absolute Gasteiger partial charge is 0.481 e. The molecule has 2 heterocycles. The maximum atomic E-state index is 12.3. The van der Waals surface area contributed by atoms with E-state index < -0.39 is 11.4 Å². The second kappa shape index (κ2) is 5.48. The minimum absolute atomic E-state index is 0.187. The normalized spacial score (nSPS) is 22.6. The van der Waals surface area contributed by atoms with Gasteiger partial charge < -0.3 is 14.9 Å². The standard InChI is InChI=1S/C12H19N5O3/c1-12(10(18)19)4-3-5-17(7-12)11(20)16(2)6-9-13-8-14-15-9/h8H,3-7H2,1-2H3,(H,18,19)(H,13,14,15). The van der Waals surface area contributed by atoms with Gasteiger partial charge in [0.1, 0.15) is 12.2 Å². The van der Waals surface area contributed by atoms with E-state index in [1.165, 1.54) is 11.2 Å². The van der Waals surface area contributed by atoms with E-state index in [-0.39, 0.29) is 12.6 Å². The van der Waals surface area contributed by atoms with Crippen LogP contribution in [0, 0.1) is 5.41 Å². The van der Waals surface area contributed by atoms with Gasteiger partial charge in [-0.1, -0.05) is 0 Å². The molecule has 1 atom stereocenters. The Bertz CT molecular complexity index is 489. The van der Waals surface area contributed by atoms with Crippen LogP contribution in [0.25, 0.3) is 0 Å². The maximum absolute atomic E-state index is 12.3. The molecule has 0 radical (unpaired) electrons. The van der Waals surface area contributed by atoms with E-state index in [2.05, 4.69) is 15.2 Å². The first kappa shape index (κ1) is 14.3. The lowest BCUT2D eigenvalue weighted by Gasteiger charge is -2.39. The predicted octanol–water partition coefficient (Wildman–Crippen LogP) is 0.543. The number of carbonyl (C=O) groups excluding carboxylic acids is 1. The van der Waals surface area contributed by atoms with Gasteiger partial charge in [-0.15, -0.1) is 0 Å². The first-order valence-electron chi connectivity index (χ1n) is 6.50. The number of amides is 2. The molecule has 0 saturated carbocycles. The second-order valence-electron chi connectivity index (χ2n) is 5.46. The van der Waals surface area contributed by atoms with E-state index in [1.807, 2.05) is 0 Å². The third kappa shape index (κ3) is 2.89. The van der Waals surface area contributed by atoms with Crippen LogP contribution in [0.1, 0.15) is 25.6 Å². The van der Waals surface area contributed by atoms with Crippen molar-refractivity contribution in [2.45, 2.75) is 26.3 Å². The Morgan fingerprint density at radius 2 is 2.35 bits per heavy atom. The Morgan fingerprint density at radius 3 is 2.95 bits per heavy atom. The van der Waals surface area contributed by atoms with Gasteiger partial charge >= 0.3 is 12.0 Å². The van der Waals surface area contributed by atoms with Gasteiger partial charge in [-0.2, -0.15) is 5.10 Å².